The average molecular weight is 346 g/mol. The number of benzene rings is 1. The SMILES string of the molecule is Cc1csc(NC(=O)c2ccc(N3CCCCC3)c([N+](=O)[O-])c2)n1. The Bertz CT molecular complexity index is 768. The lowest BCUT2D eigenvalue weighted by atomic mass is 10.1. The second-order valence-corrected chi connectivity index (χ2v) is 6.61. The van der Waals surface area contributed by atoms with E-state index in [0.717, 1.165) is 38.0 Å². The van der Waals surface area contributed by atoms with Gasteiger partial charge in [-0.05, 0) is 38.3 Å². The molecule has 8 heteroatoms. The summed E-state index contributed by atoms with van der Waals surface area (Å²) in [6.07, 6.45) is 3.21. The highest BCUT2D eigenvalue weighted by atomic mass is 32.1. The molecule has 2 aromatic rings. The number of hydrogen-bond donors (Lipinski definition) is 1. The summed E-state index contributed by atoms with van der Waals surface area (Å²) in [6.45, 7) is 3.46. The van der Waals surface area contributed by atoms with E-state index in [4.69, 9.17) is 0 Å². The molecule has 1 saturated heterocycles. The standard InChI is InChI=1S/C16H18N4O3S/c1-11-10-24-16(17-11)18-15(21)12-5-6-13(14(9-12)20(22)23)19-7-3-2-4-8-19/h5-6,9-10H,2-4,7-8H2,1H3,(H,17,18,21). The summed E-state index contributed by atoms with van der Waals surface area (Å²) in [5.41, 5.74) is 1.64. The Hall–Kier alpha value is -2.48. The number of carbonyl (C=O) groups is 1. The van der Waals surface area contributed by atoms with Crippen molar-refractivity contribution in [2.24, 2.45) is 0 Å². The lowest BCUT2D eigenvalue weighted by Crippen LogP contribution is -2.30. The van der Waals surface area contributed by atoms with E-state index in [1.54, 1.807) is 12.1 Å². The van der Waals surface area contributed by atoms with Crippen LogP contribution in [0, 0.1) is 17.0 Å². The van der Waals surface area contributed by atoms with Gasteiger partial charge in [-0.1, -0.05) is 0 Å². The Kier molecular flexibility index (Phi) is 4.75. The van der Waals surface area contributed by atoms with Crippen LogP contribution < -0.4 is 10.2 Å². The Morgan fingerprint density at radius 2 is 2.08 bits per heavy atom. The summed E-state index contributed by atoms with van der Waals surface area (Å²) < 4.78 is 0. The van der Waals surface area contributed by atoms with E-state index in [2.05, 4.69) is 10.3 Å². The molecule has 126 valence electrons. The highest BCUT2D eigenvalue weighted by Gasteiger charge is 2.23. The highest BCUT2D eigenvalue weighted by Crippen LogP contribution is 2.31. The molecule has 0 unspecified atom stereocenters. The average Bonchev–Trinajstić information content (AvgIpc) is 3.00. The largest absolute Gasteiger partial charge is 0.366 e. The fourth-order valence-electron chi connectivity index (χ4n) is 2.79. The van der Waals surface area contributed by atoms with Crippen molar-refractivity contribution in [2.45, 2.75) is 26.2 Å². The Labute approximate surface area is 143 Å². The molecule has 1 amide bonds. The Balaban J connectivity index is 1.85. The number of nitrogens with one attached hydrogen (secondary N) is 1. The fraction of sp³-hybridized carbons (Fsp3) is 0.375. The number of hydrogen-bond acceptors (Lipinski definition) is 6. The van der Waals surface area contributed by atoms with Crippen LogP contribution in [0.25, 0.3) is 0 Å². The third kappa shape index (κ3) is 3.53. The van der Waals surface area contributed by atoms with Gasteiger partial charge in [0.25, 0.3) is 11.6 Å². The van der Waals surface area contributed by atoms with Gasteiger partial charge < -0.3 is 4.90 Å². The predicted octanol–water partition coefficient (Wildman–Crippen LogP) is 3.60. The maximum Gasteiger partial charge on any atom is 0.293 e. The van der Waals surface area contributed by atoms with Gasteiger partial charge in [-0.25, -0.2) is 4.98 Å². The predicted molar refractivity (Wildman–Crippen MR) is 94.0 cm³/mol. The van der Waals surface area contributed by atoms with E-state index in [9.17, 15) is 14.9 Å². The second kappa shape index (κ2) is 6.96. The summed E-state index contributed by atoms with van der Waals surface area (Å²) in [5, 5.41) is 16.4. The first-order chi connectivity index (χ1) is 11.5. The van der Waals surface area contributed by atoms with Crippen molar-refractivity contribution in [3.63, 3.8) is 0 Å². The van der Waals surface area contributed by atoms with Crippen molar-refractivity contribution in [1.82, 2.24) is 4.98 Å². The number of nitro benzene ring substituents is 1. The maximum absolute atomic E-state index is 12.3. The smallest absolute Gasteiger partial charge is 0.293 e. The molecule has 1 aromatic heterocycles. The number of nitro groups is 1. The Morgan fingerprint density at radius 1 is 1.33 bits per heavy atom. The van der Waals surface area contributed by atoms with Crippen LogP contribution in [0.3, 0.4) is 0 Å². The number of piperidine rings is 1. The quantitative estimate of drug-likeness (QED) is 0.675. The molecule has 0 spiro atoms. The van der Waals surface area contributed by atoms with Crippen molar-refractivity contribution in [3.05, 3.63) is 45.0 Å². The molecule has 1 N–H and O–H groups in total. The van der Waals surface area contributed by atoms with E-state index >= 15 is 0 Å². The molecule has 0 aliphatic carbocycles. The molecule has 0 bridgehead atoms. The van der Waals surface area contributed by atoms with E-state index in [0.29, 0.717) is 10.8 Å². The van der Waals surface area contributed by atoms with E-state index < -0.39 is 10.8 Å². The van der Waals surface area contributed by atoms with Crippen molar-refractivity contribution in [2.75, 3.05) is 23.3 Å². The Morgan fingerprint density at radius 3 is 2.71 bits per heavy atom. The molecule has 1 aliphatic rings. The van der Waals surface area contributed by atoms with E-state index in [1.165, 1.54) is 17.4 Å². The first-order valence-electron chi connectivity index (χ1n) is 7.81. The van der Waals surface area contributed by atoms with Gasteiger partial charge >= 0.3 is 0 Å². The van der Waals surface area contributed by atoms with Crippen molar-refractivity contribution in [1.29, 1.82) is 0 Å². The molecular weight excluding hydrogens is 328 g/mol. The van der Waals surface area contributed by atoms with Gasteiger partial charge in [0, 0.05) is 30.1 Å². The molecule has 1 aliphatic heterocycles. The molecule has 3 rings (SSSR count). The van der Waals surface area contributed by atoms with Crippen LogP contribution in [-0.4, -0.2) is 28.9 Å². The first kappa shape index (κ1) is 16.4. The number of aryl methyl sites for hydroxylation is 1. The lowest BCUT2D eigenvalue weighted by molar-refractivity contribution is -0.384. The summed E-state index contributed by atoms with van der Waals surface area (Å²) in [7, 11) is 0. The summed E-state index contributed by atoms with van der Waals surface area (Å²) >= 11 is 1.32. The fourth-order valence-corrected chi connectivity index (χ4v) is 3.48. The molecule has 24 heavy (non-hydrogen) atoms. The van der Waals surface area contributed by atoms with Crippen molar-refractivity contribution < 1.29 is 9.72 Å². The number of aromatic nitrogens is 1. The molecule has 1 aromatic carbocycles. The van der Waals surface area contributed by atoms with Crippen LogP contribution in [-0.2, 0) is 0 Å². The van der Waals surface area contributed by atoms with Gasteiger partial charge in [-0.2, -0.15) is 0 Å². The summed E-state index contributed by atoms with van der Waals surface area (Å²) in [4.78, 5) is 29.5. The molecule has 0 radical (unpaired) electrons. The highest BCUT2D eigenvalue weighted by molar-refractivity contribution is 7.13. The third-order valence-corrected chi connectivity index (χ3v) is 4.85. The zero-order chi connectivity index (χ0) is 17.1. The van der Waals surface area contributed by atoms with Crippen LogP contribution in [0.2, 0.25) is 0 Å². The van der Waals surface area contributed by atoms with Gasteiger partial charge in [-0.3, -0.25) is 20.2 Å². The van der Waals surface area contributed by atoms with Gasteiger partial charge in [0.15, 0.2) is 5.13 Å². The number of nitrogens with zero attached hydrogens (tertiary/aromatic N) is 3. The zero-order valence-corrected chi connectivity index (χ0v) is 14.1. The first-order valence-corrected chi connectivity index (χ1v) is 8.69. The third-order valence-electron chi connectivity index (χ3n) is 3.97. The number of rotatable bonds is 4. The maximum atomic E-state index is 12.3. The summed E-state index contributed by atoms with van der Waals surface area (Å²) in [6, 6.07) is 4.65. The van der Waals surface area contributed by atoms with Crippen LogP contribution in [0.1, 0.15) is 35.3 Å². The van der Waals surface area contributed by atoms with Crippen LogP contribution in [0.15, 0.2) is 23.6 Å². The molecule has 1 fully saturated rings. The van der Waals surface area contributed by atoms with Crippen molar-refractivity contribution in [3.8, 4) is 0 Å². The van der Waals surface area contributed by atoms with Crippen LogP contribution in [0.5, 0.6) is 0 Å². The van der Waals surface area contributed by atoms with Crippen LogP contribution >= 0.6 is 11.3 Å². The number of anilines is 2. The molecule has 2 heterocycles. The number of thiazole rings is 1. The molecule has 0 atom stereocenters. The minimum atomic E-state index is -0.422. The summed E-state index contributed by atoms with van der Waals surface area (Å²) in [5.74, 6) is -0.391. The van der Waals surface area contributed by atoms with Gasteiger partial charge in [0.2, 0.25) is 0 Å². The minimum absolute atomic E-state index is 0.0279. The van der Waals surface area contributed by atoms with E-state index in [-0.39, 0.29) is 11.3 Å². The molecular formula is C16H18N4O3S. The van der Waals surface area contributed by atoms with E-state index in [1.807, 2.05) is 17.2 Å². The molecule has 0 saturated carbocycles. The monoisotopic (exact) mass is 346 g/mol. The van der Waals surface area contributed by atoms with Crippen LogP contribution in [0.4, 0.5) is 16.5 Å². The molecule has 7 nitrogen and oxygen atoms in total. The second-order valence-electron chi connectivity index (χ2n) is 5.76. The number of amides is 1. The van der Waals surface area contributed by atoms with Crippen molar-refractivity contribution >= 4 is 33.8 Å². The topological polar surface area (TPSA) is 88.4 Å². The zero-order valence-electron chi connectivity index (χ0n) is 13.3. The van der Waals surface area contributed by atoms with Gasteiger partial charge in [0.05, 0.1) is 10.6 Å². The lowest BCUT2D eigenvalue weighted by Gasteiger charge is -2.28. The van der Waals surface area contributed by atoms with Gasteiger partial charge in [0.1, 0.15) is 5.69 Å². The normalized spacial score (nSPS) is 14.5. The van der Waals surface area contributed by atoms with Gasteiger partial charge in [-0.15, -0.1) is 11.3 Å². The minimum Gasteiger partial charge on any atom is -0.366 e. The number of carbonyl (C=O) groups excluding carboxylic acids is 1.